The molecule has 0 spiro atoms. The van der Waals surface area contributed by atoms with Crippen molar-refractivity contribution in [3.05, 3.63) is 46.8 Å². The molecule has 0 atom stereocenters. The summed E-state index contributed by atoms with van der Waals surface area (Å²) in [4.78, 5) is 13.9. The van der Waals surface area contributed by atoms with Gasteiger partial charge < -0.3 is 5.32 Å². The van der Waals surface area contributed by atoms with Crippen molar-refractivity contribution in [3.63, 3.8) is 0 Å². The number of rotatable bonds is 2. The molecule has 0 aliphatic rings. The molecule has 0 aliphatic carbocycles. The Hall–Kier alpha value is -2.52. The zero-order valence-electron chi connectivity index (χ0n) is 9.21. The van der Waals surface area contributed by atoms with Gasteiger partial charge in [0.1, 0.15) is 0 Å². The number of carbonyl (C=O) groups excluding carboxylic acids is 1. The van der Waals surface area contributed by atoms with Crippen LogP contribution in [0.4, 0.5) is 11.4 Å². The van der Waals surface area contributed by atoms with Crippen molar-refractivity contribution in [2.75, 3.05) is 5.32 Å². The molecule has 5 nitrogen and oxygen atoms in total. The van der Waals surface area contributed by atoms with Crippen LogP contribution in [0.3, 0.4) is 0 Å². The molecule has 5 heteroatoms. The van der Waals surface area contributed by atoms with E-state index in [2.05, 4.69) is 15.3 Å². The Kier molecular flexibility index (Phi) is 2.94. The topological polar surface area (TPSA) is 77.9 Å². The van der Waals surface area contributed by atoms with Crippen LogP contribution in [0, 0.1) is 0 Å². The largest absolute Gasteiger partial charge is 0.326 e. The molecule has 0 fully saturated rings. The van der Waals surface area contributed by atoms with Crippen molar-refractivity contribution in [1.29, 1.82) is 0 Å². The highest BCUT2D eigenvalue weighted by atomic mass is 16.1. The van der Waals surface area contributed by atoms with Gasteiger partial charge in [0.25, 0.3) is 0 Å². The molecule has 0 bridgehead atoms. The van der Waals surface area contributed by atoms with Gasteiger partial charge >= 0.3 is 0 Å². The Morgan fingerprint density at radius 2 is 2.06 bits per heavy atom. The zero-order valence-corrected chi connectivity index (χ0v) is 9.21. The minimum absolute atomic E-state index is 0.199. The summed E-state index contributed by atoms with van der Waals surface area (Å²) >= 11 is 0. The van der Waals surface area contributed by atoms with Crippen LogP contribution in [0.15, 0.2) is 41.5 Å². The van der Waals surface area contributed by atoms with Gasteiger partial charge in [-0.3, -0.25) is 4.79 Å². The standard InChI is InChI=1S/C12H10N4O/c1-8(17)14-11-7-6-9-4-2-3-5-10(9)12(11)15-16-13/h2-7H,1H3,(H,14,17). The monoisotopic (exact) mass is 226 g/mol. The van der Waals surface area contributed by atoms with Gasteiger partial charge in [-0.05, 0) is 22.4 Å². The number of benzene rings is 2. The molecule has 84 valence electrons. The average Bonchev–Trinajstić information content (AvgIpc) is 2.32. The summed E-state index contributed by atoms with van der Waals surface area (Å²) in [5.74, 6) is -0.199. The fraction of sp³-hybridized carbons (Fsp3) is 0.0833. The number of fused-ring (bicyclic) bond motifs is 1. The third-order valence-electron chi connectivity index (χ3n) is 2.36. The van der Waals surface area contributed by atoms with Gasteiger partial charge in [-0.1, -0.05) is 35.4 Å². The van der Waals surface area contributed by atoms with E-state index in [9.17, 15) is 4.79 Å². The highest BCUT2D eigenvalue weighted by Crippen LogP contribution is 2.34. The van der Waals surface area contributed by atoms with Gasteiger partial charge in [0.2, 0.25) is 5.91 Å². The van der Waals surface area contributed by atoms with Crippen LogP contribution in [0.1, 0.15) is 6.92 Å². The number of carbonyl (C=O) groups is 1. The summed E-state index contributed by atoms with van der Waals surface area (Å²) in [6.45, 7) is 1.41. The average molecular weight is 226 g/mol. The third kappa shape index (κ3) is 2.19. The maximum Gasteiger partial charge on any atom is 0.221 e. The summed E-state index contributed by atoms with van der Waals surface area (Å²) in [7, 11) is 0. The van der Waals surface area contributed by atoms with Gasteiger partial charge in [-0.25, -0.2) is 0 Å². The first-order valence-corrected chi connectivity index (χ1v) is 5.07. The first kappa shape index (κ1) is 11.0. The van der Waals surface area contributed by atoms with E-state index in [1.807, 2.05) is 30.3 Å². The number of anilines is 1. The second-order valence-electron chi connectivity index (χ2n) is 3.55. The molecule has 0 saturated heterocycles. The maximum atomic E-state index is 11.1. The van der Waals surface area contributed by atoms with Crippen LogP contribution >= 0.6 is 0 Å². The molecule has 2 aromatic carbocycles. The Bertz CT molecular complexity index is 629. The predicted molar refractivity (Wildman–Crippen MR) is 67.1 cm³/mol. The highest BCUT2D eigenvalue weighted by Gasteiger charge is 2.06. The molecule has 0 aromatic heterocycles. The predicted octanol–water partition coefficient (Wildman–Crippen LogP) is 3.74. The lowest BCUT2D eigenvalue weighted by Gasteiger charge is -2.08. The van der Waals surface area contributed by atoms with E-state index < -0.39 is 0 Å². The smallest absolute Gasteiger partial charge is 0.221 e. The third-order valence-corrected chi connectivity index (χ3v) is 2.36. The molecule has 0 radical (unpaired) electrons. The van der Waals surface area contributed by atoms with Gasteiger partial charge in [0.15, 0.2) is 0 Å². The minimum Gasteiger partial charge on any atom is -0.326 e. The molecule has 0 unspecified atom stereocenters. The van der Waals surface area contributed by atoms with E-state index in [1.165, 1.54) is 6.92 Å². The molecule has 1 N–H and O–H groups in total. The number of hydrogen-bond donors (Lipinski definition) is 1. The molecular weight excluding hydrogens is 216 g/mol. The van der Waals surface area contributed by atoms with Crippen LogP contribution in [-0.4, -0.2) is 5.91 Å². The summed E-state index contributed by atoms with van der Waals surface area (Å²) < 4.78 is 0. The first-order valence-electron chi connectivity index (χ1n) is 5.07. The first-order chi connectivity index (χ1) is 8.22. The number of amides is 1. The van der Waals surface area contributed by atoms with Gasteiger partial charge in [0.05, 0.1) is 11.4 Å². The molecule has 0 heterocycles. The second kappa shape index (κ2) is 4.55. The molecule has 2 rings (SSSR count). The lowest BCUT2D eigenvalue weighted by atomic mass is 10.1. The summed E-state index contributed by atoms with van der Waals surface area (Å²) in [6.07, 6.45) is 0. The lowest BCUT2D eigenvalue weighted by molar-refractivity contribution is -0.114. The van der Waals surface area contributed by atoms with Crippen LogP contribution in [0.5, 0.6) is 0 Å². The zero-order chi connectivity index (χ0) is 12.3. The number of nitrogens with zero attached hydrogens (tertiary/aromatic N) is 3. The molecule has 0 aliphatic heterocycles. The van der Waals surface area contributed by atoms with E-state index in [0.717, 1.165) is 10.8 Å². The Morgan fingerprint density at radius 3 is 2.76 bits per heavy atom. The van der Waals surface area contributed by atoms with E-state index in [-0.39, 0.29) is 5.91 Å². The van der Waals surface area contributed by atoms with E-state index in [1.54, 1.807) is 6.07 Å². The van der Waals surface area contributed by atoms with Crippen LogP contribution in [0.2, 0.25) is 0 Å². The minimum atomic E-state index is -0.199. The van der Waals surface area contributed by atoms with E-state index in [4.69, 9.17) is 5.53 Å². The highest BCUT2D eigenvalue weighted by molar-refractivity contribution is 6.02. The normalized spacial score (nSPS) is 9.71. The molecular formula is C12H10N4O. The van der Waals surface area contributed by atoms with Crippen molar-refractivity contribution >= 4 is 28.1 Å². The van der Waals surface area contributed by atoms with Crippen molar-refractivity contribution < 1.29 is 4.79 Å². The number of azide groups is 1. The van der Waals surface area contributed by atoms with Crippen LogP contribution in [-0.2, 0) is 4.79 Å². The van der Waals surface area contributed by atoms with Crippen LogP contribution in [0.25, 0.3) is 21.2 Å². The fourth-order valence-electron chi connectivity index (χ4n) is 1.70. The van der Waals surface area contributed by atoms with Gasteiger partial charge in [-0.2, -0.15) is 0 Å². The lowest BCUT2D eigenvalue weighted by Crippen LogP contribution is -2.05. The van der Waals surface area contributed by atoms with E-state index in [0.29, 0.717) is 11.4 Å². The van der Waals surface area contributed by atoms with Crippen LogP contribution < -0.4 is 5.32 Å². The molecule has 1 amide bonds. The molecule has 2 aromatic rings. The van der Waals surface area contributed by atoms with E-state index >= 15 is 0 Å². The number of nitrogens with one attached hydrogen (secondary N) is 1. The second-order valence-corrected chi connectivity index (χ2v) is 3.55. The molecule has 0 saturated carbocycles. The summed E-state index contributed by atoms with van der Waals surface area (Å²) in [5, 5.41) is 8.08. The summed E-state index contributed by atoms with van der Waals surface area (Å²) in [6, 6.07) is 11.1. The van der Waals surface area contributed by atoms with Crippen molar-refractivity contribution in [1.82, 2.24) is 0 Å². The van der Waals surface area contributed by atoms with Crippen molar-refractivity contribution in [2.45, 2.75) is 6.92 Å². The Balaban J connectivity index is 2.72. The quantitative estimate of drug-likeness (QED) is 0.472. The van der Waals surface area contributed by atoms with Crippen molar-refractivity contribution in [2.24, 2.45) is 5.11 Å². The van der Waals surface area contributed by atoms with Gasteiger partial charge in [0, 0.05) is 11.8 Å². The number of hydrogen-bond acceptors (Lipinski definition) is 2. The summed E-state index contributed by atoms with van der Waals surface area (Å²) in [5.41, 5.74) is 9.55. The van der Waals surface area contributed by atoms with Gasteiger partial charge in [-0.15, -0.1) is 0 Å². The fourth-order valence-corrected chi connectivity index (χ4v) is 1.70. The van der Waals surface area contributed by atoms with Crippen molar-refractivity contribution in [3.8, 4) is 0 Å². The Morgan fingerprint density at radius 1 is 1.29 bits per heavy atom. The SMILES string of the molecule is CC(=O)Nc1ccc2ccccc2c1N=[N+]=[N-]. The maximum absolute atomic E-state index is 11.1. The Labute approximate surface area is 97.7 Å². The molecule has 17 heavy (non-hydrogen) atoms.